The van der Waals surface area contributed by atoms with Crippen LogP contribution in [0.2, 0.25) is 0 Å². The van der Waals surface area contributed by atoms with Gasteiger partial charge < -0.3 is 4.74 Å². The van der Waals surface area contributed by atoms with Gasteiger partial charge in [0.05, 0.1) is 0 Å². The summed E-state index contributed by atoms with van der Waals surface area (Å²) in [6, 6.07) is 16.4. The summed E-state index contributed by atoms with van der Waals surface area (Å²) in [6.07, 6.45) is 0.868. The van der Waals surface area contributed by atoms with Gasteiger partial charge in [-0.05, 0) is 17.7 Å². The predicted molar refractivity (Wildman–Crippen MR) is 77.3 cm³/mol. The topological polar surface area (TPSA) is 69.4 Å². The Morgan fingerprint density at radius 2 is 1.60 bits per heavy atom. The van der Waals surface area contributed by atoms with Crippen LogP contribution in [0.5, 0.6) is 5.75 Å². The van der Waals surface area contributed by atoms with Crippen LogP contribution in [-0.4, -0.2) is 8.42 Å². The van der Waals surface area contributed by atoms with E-state index in [-0.39, 0.29) is 4.91 Å². The summed E-state index contributed by atoms with van der Waals surface area (Å²) in [5, 5.41) is 5.32. The lowest BCUT2D eigenvalue weighted by atomic mass is 10.0. The Labute approximate surface area is 117 Å². The minimum Gasteiger partial charge on any atom is -0.480 e. The molecule has 5 heteroatoms. The average molecular weight is 287 g/mol. The van der Waals surface area contributed by atoms with Crippen LogP contribution >= 0.6 is 0 Å². The molecule has 0 saturated carbocycles. The van der Waals surface area contributed by atoms with Gasteiger partial charge in [0, 0.05) is 5.56 Å². The van der Waals surface area contributed by atoms with Crippen molar-refractivity contribution >= 4 is 16.1 Å². The largest absolute Gasteiger partial charge is 0.480 e. The van der Waals surface area contributed by atoms with Crippen molar-refractivity contribution in [3.63, 3.8) is 0 Å². The first kappa shape index (κ1) is 12.9. The summed E-state index contributed by atoms with van der Waals surface area (Å²) in [6.45, 7) is 0. The standard InChI is InChI=1S/C15H13NO3S/c16-20(17,18)14-10-12-8-4-5-9-13(12)19-15(14)11-6-2-1-3-7-11/h1-10,15H,(H2,16,17,18). The van der Waals surface area contributed by atoms with E-state index in [2.05, 4.69) is 0 Å². The number of para-hydroxylation sites is 1. The zero-order valence-corrected chi connectivity index (χ0v) is 11.4. The number of ether oxygens (including phenoxy) is 1. The lowest BCUT2D eigenvalue weighted by Gasteiger charge is -2.26. The molecule has 3 rings (SSSR count). The third-order valence-electron chi connectivity index (χ3n) is 3.15. The SMILES string of the molecule is NS(=O)(=O)C1=Cc2ccccc2OC1c1ccccc1. The Morgan fingerprint density at radius 3 is 2.30 bits per heavy atom. The van der Waals surface area contributed by atoms with Gasteiger partial charge in [0.25, 0.3) is 0 Å². The molecule has 0 radical (unpaired) electrons. The number of sulfonamides is 1. The second kappa shape index (κ2) is 4.77. The van der Waals surface area contributed by atoms with E-state index in [4.69, 9.17) is 9.88 Å². The van der Waals surface area contributed by atoms with Gasteiger partial charge in [-0.15, -0.1) is 0 Å². The molecule has 102 valence electrons. The molecular weight excluding hydrogens is 274 g/mol. The van der Waals surface area contributed by atoms with Crippen LogP contribution in [0.3, 0.4) is 0 Å². The van der Waals surface area contributed by atoms with Gasteiger partial charge in [-0.25, -0.2) is 13.6 Å². The Bertz CT molecular complexity index is 767. The van der Waals surface area contributed by atoms with E-state index in [1.54, 1.807) is 12.1 Å². The second-order valence-electron chi connectivity index (χ2n) is 4.54. The highest BCUT2D eigenvalue weighted by atomic mass is 32.2. The van der Waals surface area contributed by atoms with Gasteiger partial charge in [-0.1, -0.05) is 48.5 Å². The molecule has 4 nitrogen and oxygen atoms in total. The van der Waals surface area contributed by atoms with Crippen LogP contribution in [0.4, 0.5) is 0 Å². The number of primary sulfonamides is 1. The Morgan fingerprint density at radius 1 is 0.950 bits per heavy atom. The molecule has 0 aromatic heterocycles. The van der Waals surface area contributed by atoms with Crippen LogP contribution in [0, 0.1) is 0 Å². The molecule has 1 unspecified atom stereocenters. The zero-order valence-electron chi connectivity index (χ0n) is 10.6. The molecule has 0 amide bonds. The minimum atomic E-state index is -3.83. The van der Waals surface area contributed by atoms with E-state index in [1.807, 2.05) is 48.5 Å². The molecule has 0 saturated heterocycles. The van der Waals surface area contributed by atoms with E-state index in [0.29, 0.717) is 11.3 Å². The lowest BCUT2D eigenvalue weighted by Crippen LogP contribution is -2.25. The van der Waals surface area contributed by atoms with Gasteiger partial charge in [0.1, 0.15) is 10.7 Å². The first-order valence-electron chi connectivity index (χ1n) is 6.11. The second-order valence-corrected chi connectivity index (χ2v) is 6.10. The summed E-state index contributed by atoms with van der Waals surface area (Å²) in [4.78, 5) is 0.0717. The minimum absolute atomic E-state index is 0.0717. The molecule has 0 bridgehead atoms. The molecule has 2 N–H and O–H groups in total. The maximum absolute atomic E-state index is 11.8. The third kappa shape index (κ3) is 2.33. The Balaban J connectivity index is 2.17. The number of rotatable bonds is 2. The highest BCUT2D eigenvalue weighted by Crippen LogP contribution is 2.38. The molecule has 0 fully saturated rings. The van der Waals surface area contributed by atoms with Crippen molar-refractivity contribution < 1.29 is 13.2 Å². The number of nitrogens with two attached hydrogens (primary N) is 1. The summed E-state index contributed by atoms with van der Waals surface area (Å²) >= 11 is 0. The molecule has 1 aliphatic rings. The van der Waals surface area contributed by atoms with Crippen molar-refractivity contribution in [1.29, 1.82) is 0 Å². The number of hydrogen-bond donors (Lipinski definition) is 1. The van der Waals surface area contributed by atoms with Crippen molar-refractivity contribution in [2.24, 2.45) is 5.14 Å². The Hall–Kier alpha value is -2.11. The summed E-state index contributed by atoms with van der Waals surface area (Å²) in [7, 11) is -3.83. The summed E-state index contributed by atoms with van der Waals surface area (Å²) < 4.78 is 29.4. The van der Waals surface area contributed by atoms with E-state index in [0.717, 1.165) is 5.56 Å². The quantitative estimate of drug-likeness (QED) is 0.922. The summed E-state index contributed by atoms with van der Waals surface area (Å²) in [5.41, 5.74) is 1.46. The number of hydrogen-bond acceptors (Lipinski definition) is 3. The fourth-order valence-electron chi connectivity index (χ4n) is 2.21. The predicted octanol–water partition coefficient (Wildman–Crippen LogP) is 2.45. The third-order valence-corrected chi connectivity index (χ3v) is 4.14. The van der Waals surface area contributed by atoms with Crippen molar-refractivity contribution in [2.75, 3.05) is 0 Å². The lowest BCUT2D eigenvalue weighted by molar-refractivity contribution is 0.246. The first-order valence-corrected chi connectivity index (χ1v) is 7.65. The normalized spacial score (nSPS) is 17.9. The van der Waals surface area contributed by atoms with Crippen LogP contribution in [0.25, 0.3) is 6.08 Å². The van der Waals surface area contributed by atoms with Crippen molar-refractivity contribution in [2.45, 2.75) is 6.10 Å². The number of benzene rings is 2. The molecule has 2 aromatic rings. The molecule has 1 atom stereocenters. The van der Waals surface area contributed by atoms with Gasteiger partial charge in [0.2, 0.25) is 10.0 Å². The zero-order chi connectivity index (χ0) is 14.2. The van der Waals surface area contributed by atoms with Crippen LogP contribution < -0.4 is 9.88 Å². The fraction of sp³-hybridized carbons (Fsp3) is 0.0667. The van der Waals surface area contributed by atoms with Crippen molar-refractivity contribution in [3.8, 4) is 5.75 Å². The average Bonchev–Trinajstić information content (AvgIpc) is 2.46. The van der Waals surface area contributed by atoms with E-state index < -0.39 is 16.1 Å². The highest BCUT2D eigenvalue weighted by molar-refractivity contribution is 7.93. The van der Waals surface area contributed by atoms with E-state index in [1.165, 1.54) is 0 Å². The maximum Gasteiger partial charge on any atom is 0.238 e. The van der Waals surface area contributed by atoms with Crippen LogP contribution in [0.15, 0.2) is 59.5 Å². The van der Waals surface area contributed by atoms with Crippen LogP contribution in [-0.2, 0) is 10.0 Å². The Kier molecular flexibility index (Phi) is 3.08. The molecule has 0 spiro atoms. The monoisotopic (exact) mass is 287 g/mol. The molecule has 1 heterocycles. The van der Waals surface area contributed by atoms with Gasteiger partial charge >= 0.3 is 0 Å². The smallest absolute Gasteiger partial charge is 0.238 e. The molecule has 2 aromatic carbocycles. The van der Waals surface area contributed by atoms with Crippen molar-refractivity contribution in [3.05, 3.63) is 70.6 Å². The van der Waals surface area contributed by atoms with E-state index >= 15 is 0 Å². The highest BCUT2D eigenvalue weighted by Gasteiger charge is 2.30. The van der Waals surface area contributed by atoms with Gasteiger partial charge in [-0.3, -0.25) is 0 Å². The van der Waals surface area contributed by atoms with E-state index in [9.17, 15) is 8.42 Å². The molecule has 0 aliphatic carbocycles. The maximum atomic E-state index is 11.8. The fourth-order valence-corrected chi connectivity index (χ4v) is 2.99. The van der Waals surface area contributed by atoms with Gasteiger partial charge in [0.15, 0.2) is 6.10 Å². The molecular formula is C15H13NO3S. The van der Waals surface area contributed by atoms with Gasteiger partial charge in [-0.2, -0.15) is 0 Å². The first-order chi connectivity index (χ1) is 9.55. The number of fused-ring (bicyclic) bond motifs is 1. The summed E-state index contributed by atoms with van der Waals surface area (Å²) in [5.74, 6) is 0.647. The molecule has 20 heavy (non-hydrogen) atoms. The van der Waals surface area contributed by atoms with Crippen molar-refractivity contribution in [1.82, 2.24) is 0 Å². The molecule has 1 aliphatic heterocycles. The van der Waals surface area contributed by atoms with Crippen LogP contribution in [0.1, 0.15) is 17.2 Å².